The molecule has 0 saturated carbocycles. The van der Waals surface area contributed by atoms with Crippen molar-refractivity contribution >= 4 is 22.9 Å². The van der Waals surface area contributed by atoms with Crippen LogP contribution in [0.5, 0.6) is 5.75 Å². The fraction of sp³-hybridized carbons (Fsp3) is 0.250. The lowest BCUT2D eigenvalue weighted by molar-refractivity contribution is 0.400. The van der Waals surface area contributed by atoms with Crippen LogP contribution < -0.4 is 19.4 Å². The Morgan fingerprint density at radius 1 is 1.00 bits per heavy atom. The Morgan fingerprint density at radius 3 is 2.12 bits per heavy atom. The van der Waals surface area contributed by atoms with E-state index in [0.717, 1.165) is 22.8 Å². The first-order valence-corrected chi connectivity index (χ1v) is 8.50. The van der Waals surface area contributed by atoms with E-state index < -0.39 is 0 Å². The summed E-state index contributed by atoms with van der Waals surface area (Å²) in [4.78, 5) is 6.02. The minimum absolute atomic E-state index is 0.205. The summed E-state index contributed by atoms with van der Waals surface area (Å²) in [7, 11) is 5.62. The number of likely N-dealkylation sites (N-methyl/N-ethyl adjacent to an activating group) is 2. The van der Waals surface area contributed by atoms with E-state index in [2.05, 4.69) is 21.9 Å². The Morgan fingerprint density at radius 2 is 1.58 bits per heavy atom. The van der Waals surface area contributed by atoms with Gasteiger partial charge in [-0.1, -0.05) is 12.1 Å². The standard InChI is InChI=1S/C20H22N4O2/c1-22-15-6-4-5-7-16(15)23(2)20(22)18-17(25)12-24(19(18)21)13-8-10-14(26-3)11-9-13/h4-11,20-21,25H,12H2,1-3H3. The van der Waals surface area contributed by atoms with E-state index in [9.17, 15) is 5.11 Å². The van der Waals surface area contributed by atoms with E-state index in [1.807, 2.05) is 55.4 Å². The zero-order chi connectivity index (χ0) is 18.4. The molecule has 0 unspecified atom stereocenters. The van der Waals surface area contributed by atoms with Crippen LogP contribution in [-0.4, -0.2) is 44.9 Å². The van der Waals surface area contributed by atoms with Gasteiger partial charge in [-0.05, 0) is 36.4 Å². The van der Waals surface area contributed by atoms with Gasteiger partial charge in [-0.2, -0.15) is 0 Å². The van der Waals surface area contributed by atoms with Crippen molar-refractivity contribution in [3.63, 3.8) is 0 Å². The number of benzene rings is 2. The summed E-state index contributed by atoms with van der Waals surface area (Å²) in [5.74, 6) is 1.33. The van der Waals surface area contributed by atoms with Crippen molar-refractivity contribution < 1.29 is 9.84 Å². The first kappa shape index (κ1) is 16.3. The molecule has 0 fully saturated rings. The molecule has 0 saturated heterocycles. The molecule has 6 nitrogen and oxygen atoms in total. The zero-order valence-electron chi connectivity index (χ0n) is 15.1. The van der Waals surface area contributed by atoms with Crippen molar-refractivity contribution in [2.24, 2.45) is 0 Å². The minimum atomic E-state index is -0.205. The molecule has 0 radical (unpaired) electrons. The number of hydrogen-bond acceptors (Lipinski definition) is 5. The second-order valence-corrected chi connectivity index (χ2v) is 6.58. The molecule has 0 atom stereocenters. The fourth-order valence-electron chi connectivity index (χ4n) is 3.82. The number of fused-ring (bicyclic) bond motifs is 1. The number of aliphatic hydroxyl groups excluding tert-OH is 1. The molecule has 0 aromatic heterocycles. The fourth-order valence-corrected chi connectivity index (χ4v) is 3.82. The third kappa shape index (κ3) is 2.29. The minimum Gasteiger partial charge on any atom is -0.510 e. The van der Waals surface area contributed by atoms with Crippen LogP contribution >= 0.6 is 0 Å². The second kappa shape index (κ2) is 5.98. The normalized spacial score (nSPS) is 17.3. The lowest BCUT2D eigenvalue weighted by Gasteiger charge is -2.30. The maximum absolute atomic E-state index is 10.7. The van der Waals surface area contributed by atoms with Gasteiger partial charge in [0.2, 0.25) is 0 Å². The summed E-state index contributed by atoms with van der Waals surface area (Å²) in [6.45, 7) is 0.301. The molecule has 2 aliphatic rings. The van der Waals surface area contributed by atoms with E-state index in [-0.39, 0.29) is 11.9 Å². The summed E-state index contributed by atoms with van der Waals surface area (Å²) in [6, 6.07) is 15.7. The van der Waals surface area contributed by atoms with Crippen molar-refractivity contribution in [2.45, 2.75) is 6.17 Å². The molecular weight excluding hydrogens is 328 g/mol. The predicted molar refractivity (Wildman–Crippen MR) is 105 cm³/mol. The Kier molecular flexibility index (Phi) is 3.76. The van der Waals surface area contributed by atoms with Crippen molar-refractivity contribution in [1.29, 1.82) is 5.41 Å². The molecule has 26 heavy (non-hydrogen) atoms. The molecule has 2 aromatic rings. The summed E-state index contributed by atoms with van der Waals surface area (Å²) in [5, 5.41) is 19.4. The van der Waals surface area contributed by atoms with Crippen LogP contribution in [0.25, 0.3) is 0 Å². The van der Waals surface area contributed by atoms with Gasteiger partial charge in [0.1, 0.15) is 23.5 Å². The van der Waals surface area contributed by atoms with E-state index in [1.54, 1.807) is 7.11 Å². The smallest absolute Gasteiger partial charge is 0.136 e. The Bertz CT molecular complexity index is 862. The topological polar surface area (TPSA) is 63.0 Å². The highest BCUT2D eigenvalue weighted by molar-refractivity contribution is 6.12. The molecule has 0 spiro atoms. The van der Waals surface area contributed by atoms with E-state index in [1.165, 1.54) is 0 Å². The lowest BCUT2D eigenvalue weighted by atomic mass is 10.1. The largest absolute Gasteiger partial charge is 0.510 e. The average Bonchev–Trinajstić information content (AvgIpc) is 3.09. The molecule has 6 heteroatoms. The van der Waals surface area contributed by atoms with Crippen molar-refractivity contribution in [1.82, 2.24) is 0 Å². The Labute approximate surface area is 153 Å². The number of rotatable bonds is 3. The van der Waals surface area contributed by atoms with Crippen LogP contribution in [0.1, 0.15) is 0 Å². The van der Waals surface area contributed by atoms with Gasteiger partial charge < -0.3 is 24.5 Å². The van der Waals surface area contributed by atoms with Crippen LogP contribution in [0.2, 0.25) is 0 Å². The predicted octanol–water partition coefficient (Wildman–Crippen LogP) is 3.22. The highest BCUT2D eigenvalue weighted by atomic mass is 16.5. The average molecular weight is 350 g/mol. The van der Waals surface area contributed by atoms with Crippen molar-refractivity contribution in [3.05, 3.63) is 59.9 Å². The molecule has 0 aliphatic carbocycles. The van der Waals surface area contributed by atoms with E-state index in [0.29, 0.717) is 18.0 Å². The molecule has 2 heterocycles. The van der Waals surface area contributed by atoms with E-state index >= 15 is 0 Å². The number of para-hydroxylation sites is 2. The molecule has 2 aliphatic heterocycles. The number of amidine groups is 1. The summed E-state index contributed by atoms with van der Waals surface area (Å²) in [5.41, 5.74) is 3.69. The van der Waals surface area contributed by atoms with Crippen molar-refractivity contribution in [2.75, 3.05) is 42.4 Å². The number of methoxy groups -OCH3 is 1. The zero-order valence-corrected chi connectivity index (χ0v) is 15.1. The number of ether oxygens (including phenoxy) is 1. The summed E-state index contributed by atoms with van der Waals surface area (Å²) in [6.07, 6.45) is -0.205. The summed E-state index contributed by atoms with van der Waals surface area (Å²) >= 11 is 0. The van der Waals surface area contributed by atoms with Crippen LogP contribution in [0.3, 0.4) is 0 Å². The number of anilines is 3. The number of hydrogen-bond donors (Lipinski definition) is 2. The molecule has 2 aromatic carbocycles. The monoisotopic (exact) mass is 350 g/mol. The third-order valence-electron chi connectivity index (χ3n) is 5.16. The van der Waals surface area contributed by atoms with Crippen LogP contribution in [-0.2, 0) is 0 Å². The molecule has 0 bridgehead atoms. The second-order valence-electron chi connectivity index (χ2n) is 6.58. The van der Waals surface area contributed by atoms with Gasteiger partial charge in [0, 0.05) is 19.8 Å². The molecule has 2 N–H and O–H groups in total. The number of nitrogens with zero attached hydrogens (tertiary/aromatic N) is 3. The summed E-state index contributed by atoms with van der Waals surface area (Å²) < 4.78 is 5.20. The first-order chi connectivity index (χ1) is 12.5. The van der Waals surface area contributed by atoms with E-state index in [4.69, 9.17) is 10.1 Å². The van der Waals surface area contributed by atoms with Gasteiger partial charge in [0.15, 0.2) is 0 Å². The van der Waals surface area contributed by atoms with Crippen LogP contribution in [0.15, 0.2) is 59.9 Å². The lowest BCUT2D eigenvalue weighted by Crippen LogP contribution is -2.44. The maximum Gasteiger partial charge on any atom is 0.136 e. The van der Waals surface area contributed by atoms with Gasteiger partial charge in [0.05, 0.1) is 30.6 Å². The Hall–Kier alpha value is -3.15. The number of nitrogens with one attached hydrogen (secondary N) is 1. The van der Waals surface area contributed by atoms with Crippen molar-refractivity contribution in [3.8, 4) is 5.75 Å². The highest BCUT2D eigenvalue weighted by Crippen LogP contribution is 2.42. The Balaban J connectivity index is 1.65. The number of aliphatic hydroxyl groups is 1. The van der Waals surface area contributed by atoms with Crippen LogP contribution in [0.4, 0.5) is 17.1 Å². The highest BCUT2D eigenvalue weighted by Gasteiger charge is 2.41. The van der Waals surface area contributed by atoms with Crippen LogP contribution in [0, 0.1) is 5.41 Å². The molecular formula is C20H22N4O2. The third-order valence-corrected chi connectivity index (χ3v) is 5.16. The SMILES string of the molecule is COc1ccc(N2CC(O)=C(C3N(C)c4ccccc4N3C)C2=N)cc1. The quantitative estimate of drug-likeness (QED) is 0.890. The molecule has 4 rings (SSSR count). The van der Waals surface area contributed by atoms with Gasteiger partial charge in [-0.3, -0.25) is 5.41 Å². The molecule has 0 amide bonds. The van der Waals surface area contributed by atoms with Gasteiger partial charge in [-0.15, -0.1) is 0 Å². The molecule has 134 valence electrons. The van der Waals surface area contributed by atoms with Gasteiger partial charge in [0.25, 0.3) is 0 Å². The van der Waals surface area contributed by atoms with Gasteiger partial charge in [-0.25, -0.2) is 0 Å². The van der Waals surface area contributed by atoms with Gasteiger partial charge >= 0.3 is 0 Å². The maximum atomic E-state index is 10.7. The first-order valence-electron chi connectivity index (χ1n) is 8.50.